The van der Waals surface area contributed by atoms with Crippen molar-refractivity contribution in [1.82, 2.24) is 4.90 Å². The zero-order chi connectivity index (χ0) is 21.0. The zero-order valence-electron chi connectivity index (χ0n) is 15.5. The minimum atomic E-state index is -0.364. The molecule has 1 aliphatic rings. The Kier molecular flexibility index (Phi) is 6.90. The number of thioether (sulfide) groups is 1. The minimum absolute atomic E-state index is 0.178. The molecular weight excluding hydrogens is 433 g/mol. The predicted octanol–water partition coefficient (Wildman–Crippen LogP) is 5.80. The number of carbonyl (C=O) groups excluding carboxylic acids is 2. The van der Waals surface area contributed by atoms with Crippen LogP contribution >= 0.6 is 35.0 Å². The highest BCUT2D eigenvalue weighted by molar-refractivity contribution is 8.18. The van der Waals surface area contributed by atoms with Crippen LogP contribution in [0, 0.1) is 0 Å². The van der Waals surface area contributed by atoms with E-state index in [1.807, 2.05) is 0 Å². The van der Waals surface area contributed by atoms with Gasteiger partial charge in [0.1, 0.15) is 6.61 Å². The molecule has 29 heavy (non-hydrogen) atoms. The van der Waals surface area contributed by atoms with Crippen molar-refractivity contribution < 1.29 is 19.1 Å². The van der Waals surface area contributed by atoms with Crippen molar-refractivity contribution in [3.05, 3.63) is 75.1 Å². The Balaban J connectivity index is 1.84. The standard InChI is InChI=1S/C21H17Cl2NO4S/c1-3-8-28-19-16(23)9-14(10-17(19)27-2)11-18-20(25)24(21(26)29-18)12-13-4-6-15(22)7-5-13/h3-7,9-11H,1,8,12H2,2H3/b18-11-. The number of ether oxygens (including phenoxy) is 2. The number of hydrogen-bond donors (Lipinski definition) is 0. The lowest BCUT2D eigenvalue weighted by atomic mass is 10.1. The first kappa shape index (κ1) is 21.3. The number of methoxy groups -OCH3 is 1. The van der Waals surface area contributed by atoms with Crippen LogP contribution in [-0.4, -0.2) is 29.8 Å². The summed E-state index contributed by atoms with van der Waals surface area (Å²) in [4.78, 5) is 26.6. The number of imide groups is 1. The van der Waals surface area contributed by atoms with E-state index in [0.717, 1.165) is 17.3 Å². The van der Waals surface area contributed by atoms with Gasteiger partial charge in [-0.2, -0.15) is 0 Å². The quantitative estimate of drug-likeness (QED) is 0.394. The largest absolute Gasteiger partial charge is 0.493 e. The molecule has 0 saturated carbocycles. The summed E-state index contributed by atoms with van der Waals surface area (Å²) in [5.41, 5.74) is 1.43. The molecule has 2 aromatic rings. The van der Waals surface area contributed by atoms with Crippen molar-refractivity contribution in [2.45, 2.75) is 6.54 Å². The number of rotatable bonds is 7. The van der Waals surface area contributed by atoms with Crippen LogP contribution in [0.4, 0.5) is 4.79 Å². The maximum Gasteiger partial charge on any atom is 0.293 e. The summed E-state index contributed by atoms with van der Waals surface area (Å²) in [6, 6.07) is 10.3. The fourth-order valence-corrected chi connectivity index (χ4v) is 3.90. The molecule has 1 saturated heterocycles. The maximum absolute atomic E-state index is 12.7. The van der Waals surface area contributed by atoms with Gasteiger partial charge in [-0.25, -0.2) is 0 Å². The predicted molar refractivity (Wildman–Crippen MR) is 117 cm³/mol. The minimum Gasteiger partial charge on any atom is -0.493 e. The van der Waals surface area contributed by atoms with E-state index in [4.69, 9.17) is 32.7 Å². The summed E-state index contributed by atoms with van der Waals surface area (Å²) in [6.07, 6.45) is 3.21. The first-order chi connectivity index (χ1) is 13.9. The number of amides is 2. The second-order valence-electron chi connectivity index (χ2n) is 6.03. The van der Waals surface area contributed by atoms with Crippen molar-refractivity contribution in [3.63, 3.8) is 0 Å². The van der Waals surface area contributed by atoms with Crippen LogP contribution in [0.1, 0.15) is 11.1 Å². The van der Waals surface area contributed by atoms with E-state index in [1.165, 1.54) is 12.0 Å². The van der Waals surface area contributed by atoms with E-state index in [1.54, 1.807) is 48.6 Å². The Bertz CT molecular complexity index is 989. The highest BCUT2D eigenvalue weighted by atomic mass is 35.5. The number of nitrogens with zero attached hydrogens (tertiary/aromatic N) is 1. The lowest BCUT2D eigenvalue weighted by molar-refractivity contribution is -0.123. The lowest BCUT2D eigenvalue weighted by Gasteiger charge is -2.13. The molecule has 0 atom stereocenters. The summed E-state index contributed by atoms with van der Waals surface area (Å²) in [6.45, 7) is 4.06. The first-order valence-electron chi connectivity index (χ1n) is 8.54. The average molecular weight is 450 g/mol. The Morgan fingerprint density at radius 1 is 1.17 bits per heavy atom. The molecule has 2 aromatic carbocycles. The van der Waals surface area contributed by atoms with Crippen LogP contribution in [0.5, 0.6) is 11.5 Å². The summed E-state index contributed by atoms with van der Waals surface area (Å²) in [5.74, 6) is 0.449. The third-order valence-corrected chi connectivity index (χ3v) is 5.46. The number of carbonyl (C=O) groups is 2. The highest BCUT2D eigenvalue weighted by Gasteiger charge is 2.35. The van der Waals surface area contributed by atoms with Crippen molar-refractivity contribution in [2.24, 2.45) is 0 Å². The third kappa shape index (κ3) is 4.96. The maximum atomic E-state index is 12.7. The SMILES string of the molecule is C=CCOc1c(Cl)cc(/C=C2\SC(=O)N(Cc3ccc(Cl)cc3)C2=O)cc1OC. The summed E-state index contributed by atoms with van der Waals surface area (Å²) < 4.78 is 10.9. The van der Waals surface area contributed by atoms with Crippen molar-refractivity contribution in [2.75, 3.05) is 13.7 Å². The van der Waals surface area contributed by atoms with Crippen LogP contribution < -0.4 is 9.47 Å². The molecular formula is C21H17Cl2NO4S. The van der Waals surface area contributed by atoms with Crippen LogP contribution in [0.3, 0.4) is 0 Å². The molecule has 1 heterocycles. The van der Waals surface area contributed by atoms with E-state index in [0.29, 0.717) is 32.0 Å². The molecule has 0 aliphatic carbocycles. The molecule has 5 nitrogen and oxygen atoms in total. The fraction of sp³-hybridized carbons (Fsp3) is 0.143. The second kappa shape index (κ2) is 9.39. The van der Waals surface area contributed by atoms with Gasteiger partial charge in [0.25, 0.3) is 11.1 Å². The topological polar surface area (TPSA) is 55.8 Å². The van der Waals surface area contributed by atoms with E-state index in [-0.39, 0.29) is 24.3 Å². The Morgan fingerprint density at radius 2 is 1.90 bits per heavy atom. The Morgan fingerprint density at radius 3 is 2.55 bits per heavy atom. The smallest absolute Gasteiger partial charge is 0.293 e. The molecule has 1 fully saturated rings. The fourth-order valence-electron chi connectivity index (χ4n) is 2.67. The molecule has 150 valence electrons. The number of hydrogen-bond acceptors (Lipinski definition) is 5. The van der Waals surface area contributed by atoms with E-state index < -0.39 is 0 Å². The Hall–Kier alpha value is -2.41. The average Bonchev–Trinajstić information content (AvgIpc) is 2.95. The van der Waals surface area contributed by atoms with Gasteiger partial charge in [0, 0.05) is 5.02 Å². The van der Waals surface area contributed by atoms with Crippen LogP contribution in [0.15, 0.2) is 54.0 Å². The van der Waals surface area contributed by atoms with Gasteiger partial charge in [-0.05, 0) is 53.2 Å². The number of halogens is 2. The van der Waals surface area contributed by atoms with Gasteiger partial charge in [-0.15, -0.1) is 0 Å². The molecule has 0 spiro atoms. The molecule has 3 rings (SSSR count). The summed E-state index contributed by atoms with van der Waals surface area (Å²) in [7, 11) is 1.50. The monoisotopic (exact) mass is 449 g/mol. The molecule has 0 aromatic heterocycles. The van der Waals surface area contributed by atoms with E-state index >= 15 is 0 Å². The highest BCUT2D eigenvalue weighted by Crippen LogP contribution is 2.39. The molecule has 2 amide bonds. The van der Waals surface area contributed by atoms with Crippen molar-refractivity contribution in [3.8, 4) is 11.5 Å². The Labute approximate surface area is 182 Å². The van der Waals surface area contributed by atoms with Crippen LogP contribution in [0.25, 0.3) is 6.08 Å². The number of benzene rings is 2. The van der Waals surface area contributed by atoms with E-state index in [9.17, 15) is 9.59 Å². The summed E-state index contributed by atoms with van der Waals surface area (Å²) >= 11 is 13.1. The normalized spacial score (nSPS) is 15.1. The van der Waals surface area contributed by atoms with E-state index in [2.05, 4.69) is 6.58 Å². The van der Waals surface area contributed by atoms with Gasteiger partial charge >= 0.3 is 0 Å². The first-order valence-corrected chi connectivity index (χ1v) is 10.1. The zero-order valence-corrected chi connectivity index (χ0v) is 17.8. The van der Waals surface area contributed by atoms with Gasteiger partial charge in [-0.1, -0.05) is 48.0 Å². The van der Waals surface area contributed by atoms with Gasteiger partial charge in [0.15, 0.2) is 11.5 Å². The van der Waals surface area contributed by atoms with Gasteiger partial charge in [0.2, 0.25) is 0 Å². The van der Waals surface area contributed by atoms with Crippen LogP contribution in [0.2, 0.25) is 10.0 Å². The molecule has 0 radical (unpaired) electrons. The molecule has 1 aliphatic heterocycles. The van der Waals surface area contributed by atoms with Crippen molar-refractivity contribution >= 4 is 52.2 Å². The third-order valence-electron chi connectivity index (χ3n) is 4.02. The van der Waals surface area contributed by atoms with Gasteiger partial charge in [0.05, 0.1) is 23.6 Å². The summed E-state index contributed by atoms with van der Waals surface area (Å²) in [5, 5.41) is 0.590. The molecule has 0 bridgehead atoms. The molecule has 8 heteroatoms. The lowest BCUT2D eigenvalue weighted by Crippen LogP contribution is -2.27. The van der Waals surface area contributed by atoms with Crippen molar-refractivity contribution in [1.29, 1.82) is 0 Å². The molecule has 0 N–H and O–H groups in total. The van der Waals surface area contributed by atoms with Gasteiger partial charge in [-0.3, -0.25) is 14.5 Å². The van der Waals surface area contributed by atoms with Gasteiger partial charge < -0.3 is 9.47 Å². The van der Waals surface area contributed by atoms with Crippen LogP contribution in [-0.2, 0) is 11.3 Å². The molecule has 0 unspecified atom stereocenters. The second-order valence-corrected chi connectivity index (χ2v) is 7.86.